The van der Waals surface area contributed by atoms with Gasteiger partial charge in [-0.05, 0) is 86.8 Å². The minimum absolute atomic E-state index is 0. The molecule has 1 heterocycles. The van der Waals surface area contributed by atoms with Crippen LogP contribution >= 0.6 is 0 Å². The molecule has 5 heteroatoms. The Morgan fingerprint density at radius 3 is 1.62 bits per heavy atom. The number of nitrogens with zero attached hydrogens (tertiary/aromatic N) is 2. The Labute approximate surface area is 286 Å². The largest absolute Gasteiger partial charge is 0.493 e. The van der Waals surface area contributed by atoms with Gasteiger partial charge in [0.15, 0.2) is 0 Å². The number of unbranched alkanes of at least 4 members (excludes halogenated alkanes) is 9. The van der Waals surface area contributed by atoms with Crippen LogP contribution in [0, 0.1) is 0 Å². The second kappa shape index (κ2) is 28.2. The number of benzene rings is 2. The van der Waals surface area contributed by atoms with Gasteiger partial charge in [0.25, 0.3) is 0 Å². The van der Waals surface area contributed by atoms with E-state index in [9.17, 15) is 5.53 Å². The third-order valence-electron chi connectivity index (χ3n) is 7.89. The zero-order chi connectivity index (χ0) is 32.4. The first-order valence-corrected chi connectivity index (χ1v) is 17.8. The molecule has 0 amide bonds. The van der Waals surface area contributed by atoms with Crippen molar-refractivity contribution in [2.45, 2.75) is 144 Å². The molecule has 0 spiro atoms. The number of hydrogen-bond donors (Lipinski definition) is 2. The van der Waals surface area contributed by atoms with Crippen LogP contribution in [0.1, 0.15) is 153 Å². The van der Waals surface area contributed by atoms with Gasteiger partial charge in [-0.3, -0.25) is 0 Å². The predicted octanol–water partition coefficient (Wildman–Crippen LogP) is 11.5. The van der Waals surface area contributed by atoms with Crippen LogP contribution in [-0.2, 0) is 29.3 Å². The second-order valence-corrected chi connectivity index (χ2v) is 12.0. The normalized spacial score (nSPS) is 12.2. The van der Waals surface area contributed by atoms with Gasteiger partial charge >= 0.3 is 0 Å². The van der Waals surface area contributed by atoms with Gasteiger partial charge in [-0.1, -0.05) is 117 Å². The van der Waals surface area contributed by atoms with E-state index in [4.69, 9.17) is 10.2 Å². The molecule has 0 bridgehead atoms. The summed E-state index contributed by atoms with van der Waals surface area (Å²) in [6, 6.07) is 17.7. The summed E-state index contributed by atoms with van der Waals surface area (Å²) in [7, 11) is 0. The van der Waals surface area contributed by atoms with Crippen LogP contribution in [0.5, 0.6) is 0 Å². The molecular weight excluding hydrogens is 599 g/mol. The maximum Gasteiger partial charge on any atom is 0.210 e. The number of aryl methyl sites for hydroxylation is 2. The van der Waals surface area contributed by atoms with Gasteiger partial charge in [-0.25, -0.2) is 4.70 Å². The first-order chi connectivity index (χ1) is 21.5. The summed E-state index contributed by atoms with van der Waals surface area (Å²) in [5.74, 6) is 0. The second-order valence-electron chi connectivity index (χ2n) is 12.0. The molecule has 2 aromatic rings. The molecule has 0 radical (unpaired) electrons. The summed E-state index contributed by atoms with van der Waals surface area (Å²) in [6.45, 7) is 11.3. The third-order valence-corrected chi connectivity index (χ3v) is 7.89. The van der Waals surface area contributed by atoms with E-state index < -0.39 is 0 Å². The van der Waals surface area contributed by atoms with E-state index >= 15 is 0 Å². The number of allylic oxidation sites excluding steroid dienone is 2. The standard InChI is InChI=1S/C34H48N2.2C3H8O.Ni/c1-4-7-10-12-13-15-18-29-19-16-21-31(26-29)34-32(20-9-6-3)27-33(36(34)35)30-24-22-28(23-25-30)17-14-11-8-5-2;2*1-2-3-4;/h16,19,21-27H,4-15,17-18,20H2,1-3H3;2*4H,2-3H2,1H3;. The maximum atomic E-state index is 11.4. The average molecular weight is 664 g/mol. The average Bonchev–Trinajstić information content (AvgIpc) is 3.39. The molecule has 45 heavy (non-hydrogen) atoms. The first kappa shape index (κ1) is 42.9. The molecule has 4 nitrogen and oxygen atoms in total. The van der Waals surface area contributed by atoms with Crippen molar-refractivity contribution in [3.05, 3.63) is 88.0 Å². The van der Waals surface area contributed by atoms with E-state index in [1.54, 1.807) is 0 Å². The molecule has 1 aliphatic heterocycles. The van der Waals surface area contributed by atoms with Crippen LogP contribution in [0.4, 0.5) is 0 Å². The van der Waals surface area contributed by atoms with Crippen LogP contribution in [0.3, 0.4) is 0 Å². The van der Waals surface area contributed by atoms with Crippen molar-refractivity contribution >= 4 is 11.4 Å². The SMILES string of the molecule is CCCCCCCCc1cccc(C2=C(CCCC)C=C(c3ccc(CCCCCC)cc3)[N+]2=[N-])c1.CCCO.CCCO.[Ni]. The number of hydrogen-bond acceptors (Lipinski definition) is 2. The molecule has 0 unspecified atom stereocenters. The van der Waals surface area contributed by atoms with Crippen molar-refractivity contribution in [1.29, 1.82) is 0 Å². The fourth-order valence-electron chi connectivity index (χ4n) is 5.20. The smallest absolute Gasteiger partial charge is 0.210 e. The summed E-state index contributed by atoms with van der Waals surface area (Å²) >= 11 is 0. The molecule has 2 aromatic carbocycles. The Bertz CT molecular complexity index is 1080. The fourth-order valence-corrected chi connectivity index (χ4v) is 5.20. The summed E-state index contributed by atoms with van der Waals surface area (Å²) < 4.78 is 1.45. The van der Waals surface area contributed by atoms with Gasteiger partial charge in [-0.2, -0.15) is 0 Å². The Hall–Kier alpha value is -2.07. The van der Waals surface area contributed by atoms with E-state index in [-0.39, 0.29) is 16.5 Å². The molecule has 3 rings (SSSR count). The molecule has 0 aromatic heterocycles. The minimum atomic E-state index is 0. The zero-order valence-electron chi connectivity index (χ0n) is 29.2. The van der Waals surface area contributed by atoms with Gasteiger partial charge < -0.3 is 15.7 Å². The summed E-state index contributed by atoms with van der Waals surface area (Å²) in [4.78, 5) is 0. The van der Waals surface area contributed by atoms with Crippen molar-refractivity contribution < 1.29 is 31.4 Å². The number of rotatable bonds is 19. The van der Waals surface area contributed by atoms with Crippen LogP contribution < -0.4 is 0 Å². The summed E-state index contributed by atoms with van der Waals surface area (Å²) in [6.07, 6.45) is 22.5. The molecule has 0 aliphatic carbocycles. The van der Waals surface area contributed by atoms with Crippen molar-refractivity contribution in [3.63, 3.8) is 0 Å². The molecule has 0 saturated carbocycles. The van der Waals surface area contributed by atoms with E-state index in [0.717, 1.165) is 67.5 Å². The maximum absolute atomic E-state index is 11.4. The third kappa shape index (κ3) is 17.4. The van der Waals surface area contributed by atoms with Gasteiger partial charge in [-0.15, -0.1) is 0 Å². The number of aliphatic hydroxyl groups is 2. The van der Waals surface area contributed by atoms with Crippen molar-refractivity contribution in [2.75, 3.05) is 13.2 Å². The minimum Gasteiger partial charge on any atom is -0.493 e. The summed E-state index contributed by atoms with van der Waals surface area (Å²) in [5.41, 5.74) is 19.5. The predicted molar refractivity (Wildman–Crippen MR) is 191 cm³/mol. The molecule has 0 fully saturated rings. The van der Waals surface area contributed by atoms with Crippen LogP contribution in [-0.4, -0.2) is 28.1 Å². The molecule has 1 aliphatic rings. The number of aliphatic hydroxyl groups excluding tert-OH is 2. The zero-order valence-corrected chi connectivity index (χ0v) is 30.2. The van der Waals surface area contributed by atoms with E-state index in [2.05, 4.69) is 75.4 Å². The van der Waals surface area contributed by atoms with Crippen molar-refractivity contribution in [3.8, 4) is 0 Å². The van der Waals surface area contributed by atoms with E-state index in [0.29, 0.717) is 13.2 Å². The molecule has 256 valence electrons. The Morgan fingerprint density at radius 1 is 0.556 bits per heavy atom. The molecule has 0 saturated heterocycles. The van der Waals surface area contributed by atoms with Crippen molar-refractivity contribution in [1.82, 2.24) is 0 Å². The van der Waals surface area contributed by atoms with E-state index in [1.807, 2.05) is 13.8 Å². The Balaban J connectivity index is 0.00000192. The molecule has 2 N–H and O–H groups in total. The first-order valence-electron chi connectivity index (χ1n) is 17.8. The Kier molecular flexibility index (Phi) is 26.9. The van der Waals surface area contributed by atoms with E-state index in [1.165, 1.54) is 85.6 Å². The van der Waals surface area contributed by atoms with Gasteiger partial charge in [0, 0.05) is 52.5 Å². The topological polar surface area (TPSA) is 65.8 Å². The van der Waals surface area contributed by atoms with Crippen LogP contribution in [0.25, 0.3) is 16.9 Å². The quantitative estimate of drug-likeness (QED) is 0.0892. The monoisotopic (exact) mass is 662 g/mol. The molecule has 0 atom stereocenters. The summed E-state index contributed by atoms with van der Waals surface area (Å²) in [5, 5.41) is 15.8. The van der Waals surface area contributed by atoms with Crippen LogP contribution in [0.2, 0.25) is 0 Å². The van der Waals surface area contributed by atoms with Crippen LogP contribution in [0.15, 0.2) is 60.2 Å². The van der Waals surface area contributed by atoms with Gasteiger partial charge in [0.05, 0.1) is 0 Å². The Morgan fingerprint density at radius 2 is 1.07 bits per heavy atom. The van der Waals surface area contributed by atoms with Gasteiger partial charge in [0.2, 0.25) is 11.4 Å². The van der Waals surface area contributed by atoms with Gasteiger partial charge in [0.1, 0.15) is 0 Å². The fraction of sp³-hybridized carbons (Fsp3) is 0.600. The van der Waals surface area contributed by atoms with Crippen molar-refractivity contribution in [2.24, 2.45) is 0 Å². The molecular formula is C40H64N2NiO2.